The highest BCUT2D eigenvalue weighted by Gasteiger charge is 2.15. The van der Waals surface area contributed by atoms with E-state index in [1.54, 1.807) is 7.11 Å². The molecule has 0 saturated carbocycles. The van der Waals surface area contributed by atoms with Crippen LogP contribution in [0.4, 0.5) is 0 Å². The molecule has 4 heteroatoms. The van der Waals surface area contributed by atoms with Gasteiger partial charge in [0, 0.05) is 36.8 Å². The summed E-state index contributed by atoms with van der Waals surface area (Å²) < 4.78 is 6.29. The molecule has 1 aromatic carbocycles. The molecule has 2 unspecified atom stereocenters. The summed E-state index contributed by atoms with van der Waals surface area (Å²) in [5.41, 5.74) is 7.51. The molecule has 1 aromatic rings. The maximum absolute atomic E-state index is 6.33. The average molecular weight is 343 g/mol. The van der Waals surface area contributed by atoms with Gasteiger partial charge < -0.3 is 10.5 Å². The van der Waals surface area contributed by atoms with Crippen molar-refractivity contribution in [3.8, 4) is 0 Å². The number of benzene rings is 1. The molecule has 0 radical (unpaired) electrons. The van der Waals surface area contributed by atoms with Crippen molar-refractivity contribution in [3.63, 3.8) is 0 Å². The summed E-state index contributed by atoms with van der Waals surface area (Å²) in [5.74, 6) is 0. The SMILES string of the molecule is CCC(C)N(CCOC)CCC(N)c1ccccc1Br. The number of nitrogens with two attached hydrogens (primary N) is 1. The van der Waals surface area contributed by atoms with Gasteiger partial charge in [0.2, 0.25) is 0 Å². The lowest BCUT2D eigenvalue weighted by molar-refractivity contribution is 0.120. The molecule has 0 aliphatic rings. The molecule has 0 bridgehead atoms. The van der Waals surface area contributed by atoms with Crippen LogP contribution in [0.3, 0.4) is 0 Å². The van der Waals surface area contributed by atoms with Crippen molar-refractivity contribution >= 4 is 15.9 Å². The van der Waals surface area contributed by atoms with Crippen LogP contribution in [0.1, 0.15) is 38.3 Å². The molecule has 2 N–H and O–H groups in total. The first-order chi connectivity index (χ1) is 9.60. The Morgan fingerprint density at radius 2 is 2.00 bits per heavy atom. The summed E-state index contributed by atoms with van der Waals surface area (Å²) in [4.78, 5) is 2.46. The Labute approximate surface area is 131 Å². The lowest BCUT2D eigenvalue weighted by atomic mass is 10.0. The first kappa shape index (κ1) is 17.6. The van der Waals surface area contributed by atoms with Crippen LogP contribution in [0.15, 0.2) is 28.7 Å². The topological polar surface area (TPSA) is 38.5 Å². The molecule has 0 fully saturated rings. The highest BCUT2D eigenvalue weighted by molar-refractivity contribution is 9.10. The summed E-state index contributed by atoms with van der Waals surface area (Å²) >= 11 is 3.57. The summed E-state index contributed by atoms with van der Waals surface area (Å²) in [6.45, 7) is 7.22. The Kier molecular flexibility index (Phi) is 8.38. The van der Waals surface area contributed by atoms with Crippen molar-refractivity contribution in [1.29, 1.82) is 0 Å². The van der Waals surface area contributed by atoms with Gasteiger partial charge in [-0.15, -0.1) is 0 Å². The quantitative estimate of drug-likeness (QED) is 0.745. The van der Waals surface area contributed by atoms with E-state index in [2.05, 4.69) is 40.7 Å². The van der Waals surface area contributed by atoms with E-state index in [-0.39, 0.29) is 6.04 Å². The second kappa shape index (κ2) is 9.50. The molecule has 0 amide bonds. The Balaban J connectivity index is 2.55. The third kappa shape index (κ3) is 5.52. The van der Waals surface area contributed by atoms with E-state index in [0.717, 1.165) is 37.0 Å². The monoisotopic (exact) mass is 342 g/mol. The van der Waals surface area contributed by atoms with Gasteiger partial charge in [0.15, 0.2) is 0 Å². The van der Waals surface area contributed by atoms with Crippen molar-refractivity contribution in [2.24, 2.45) is 5.73 Å². The Morgan fingerprint density at radius 1 is 1.30 bits per heavy atom. The number of rotatable bonds is 9. The lowest BCUT2D eigenvalue weighted by Crippen LogP contribution is -2.37. The van der Waals surface area contributed by atoms with Gasteiger partial charge in [-0.25, -0.2) is 0 Å². The molecular formula is C16H27BrN2O. The Morgan fingerprint density at radius 3 is 2.60 bits per heavy atom. The number of nitrogens with zero attached hydrogens (tertiary/aromatic N) is 1. The largest absolute Gasteiger partial charge is 0.383 e. The molecule has 114 valence electrons. The van der Waals surface area contributed by atoms with E-state index in [0.29, 0.717) is 6.04 Å². The lowest BCUT2D eigenvalue weighted by Gasteiger charge is -2.29. The molecular weight excluding hydrogens is 316 g/mol. The van der Waals surface area contributed by atoms with Crippen LogP contribution in [0.25, 0.3) is 0 Å². The second-order valence-electron chi connectivity index (χ2n) is 5.20. The van der Waals surface area contributed by atoms with Crippen LogP contribution in [-0.2, 0) is 4.74 Å². The number of methoxy groups -OCH3 is 1. The minimum atomic E-state index is 0.0691. The van der Waals surface area contributed by atoms with Crippen molar-refractivity contribution < 1.29 is 4.74 Å². The molecule has 2 atom stereocenters. The van der Waals surface area contributed by atoms with Gasteiger partial charge >= 0.3 is 0 Å². The summed E-state index contributed by atoms with van der Waals surface area (Å²) in [6.07, 6.45) is 2.10. The van der Waals surface area contributed by atoms with E-state index < -0.39 is 0 Å². The number of halogens is 1. The number of ether oxygens (including phenoxy) is 1. The van der Waals surface area contributed by atoms with Crippen LogP contribution >= 0.6 is 15.9 Å². The minimum Gasteiger partial charge on any atom is -0.383 e. The summed E-state index contributed by atoms with van der Waals surface area (Å²) in [6, 6.07) is 8.84. The Bertz CT molecular complexity index is 386. The smallest absolute Gasteiger partial charge is 0.0589 e. The van der Waals surface area contributed by atoms with Gasteiger partial charge in [0.25, 0.3) is 0 Å². The first-order valence-electron chi connectivity index (χ1n) is 7.33. The molecule has 0 aliphatic heterocycles. The van der Waals surface area contributed by atoms with Crippen LogP contribution in [-0.4, -0.2) is 37.7 Å². The average Bonchev–Trinajstić information content (AvgIpc) is 2.46. The highest BCUT2D eigenvalue weighted by atomic mass is 79.9. The fourth-order valence-electron chi connectivity index (χ4n) is 2.26. The summed E-state index contributed by atoms with van der Waals surface area (Å²) in [7, 11) is 1.75. The molecule has 0 aromatic heterocycles. The molecule has 20 heavy (non-hydrogen) atoms. The van der Waals surface area contributed by atoms with E-state index in [1.165, 1.54) is 5.56 Å². The van der Waals surface area contributed by atoms with Gasteiger partial charge in [-0.3, -0.25) is 4.90 Å². The Hall–Kier alpha value is -0.420. The third-order valence-electron chi connectivity index (χ3n) is 3.83. The van der Waals surface area contributed by atoms with Crippen molar-refractivity contribution in [2.45, 2.75) is 38.8 Å². The van der Waals surface area contributed by atoms with Crippen LogP contribution in [0, 0.1) is 0 Å². The molecule has 0 heterocycles. The van der Waals surface area contributed by atoms with Crippen LogP contribution in [0.2, 0.25) is 0 Å². The molecule has 3 nitrogen and oxygen atoms in total. The fourth-order valence-corrected chi connectivity index (χ4v) is 2.83. The standard InChI is InChI=1S/C16H27BrN2O/c1-4-13(2)19(11-12-20-3)10-9-16(18)14-7-5-6-8-15(14)17/h5-8,13,16H,4,9-12,18H2,1-3H3. The number of hydrogen-bond donors (Lipinski definition) is 1. The minimum absolute atomic E-state index is 0.0691. The predicted molar refractivity (Wildman–Crippen MR) is 88.9 cm³/mol. The van der Waals surface area contributed by atoms with E-state index >= 15 is 0 Å². The molecule has 0 saturated heterocycles. The molecule has 1 rings (SSSR count). The third-order valence-corrected chi connectivity index (χ3v) is 4.55. The molecule has 0 aliphatic carbocycles. The highest BCUT2D eigenvalue weighted by Crippen LogP contribution is 2.24. The normalized spacial score (nSPS) is 14.5. The van der Waals surface area contributed by atoms with E-state index in [4.69, 9.17) is 10.5 Å². The van der Waals surface area contributed by atoms with Crippen molar-refractivity contribution in [2.75, 3.05) is 26.8 Å². The zero-order valence-corrected chi connectivity index (χ0v) is 14.4. The van der Waals surface area contributed by atoms with Gasteiger partial charge in [-0.1, -0.05) is 41.1 Å². The number of hydrogen-bond acceptors (Lipinski definition) is 3. The van der Waals surface area contributed by atoms with E-state index in [1.807, 2.05) is 18.2 Å². The summed E-state index contributed by atoms with van der Waals surface area (Å²) in [5, 5.41) is 0. The molecule has 0 spiro atoms. The van der Waals surface area contributed by atoms with Gasteiger partial charge in [0.1, 0.15) is 0 Å². The maximum atomic E-state index is 6.33. The van der Waals surface area contributed by atoms with Crippen LogP contribution < -0.4 is 5.73 Å². The van der Waals surface area contributed by atoms with Crippen molar-refractivity contribution in [3.05, 3.63) is 34.3 Å². The zero-order chi connectivity index (χ0) is 15.0. The van der Waals surface area contributed by atoms with E-state index in [9.17, 15) is 0 Å². The predicted octanol–water partition coefficient (Wildman–Crippen LogP) is 3.59. The van der Waals surface area contributed by atoms with Crippen molar-refractivity contribution in [1.82, 2.24) is 4.90 Å². The van der Waals surface area contributed by atoms with Gasteiger partial charge in [0.05, 0.1) is 6.61 Å². The first-order valence-corrected chi connectivity index (χ1v) is 8.12. The second-order valence-corrected chi connectivity index (χ2v) is 6.06. The van der Waals surface area contributed by atoms with Gasteiger partial charge in [-0.05, 0) is 31.4 Å². The fraction of sp³-hybridized carbons (Fsp3) is 0.625. The van der Waals surface area contributed by atoms with Gasteiger partial charge in [-0.2, -0.15) is 0 Å². The van der Waals surface area contributed by atoms with Crippen LogP contribution in [0.5, 0.6) is 0 Å². The maximum Gasteiger partial charge on any atom is 0.0589 e. The zero-order valence-electron chi connectivity index (χ0n) is 12.8.